The second-order valence-electron chi connectivity index (χ2n) is 9.80. The highest BCUT2D eigenvalue weighted by Gasteiger charge is 2.43. The Labute approximate surface area is 201 Å². The molecule has 0 bridgehead atoms. The Bertz CT molecular complexity index is 1080. The van der Waals surface area contributed by atoms with Crippen LogP contribution in [0.25, 0.3) is 0 Å². The zero-order valence-corrected chi connectivity index (χ0v) is 20.0. The summed E-state index contributed by atoms with van der Waals surface area (Å²) in [5, 5.41) is 16.1. The van der Waals surface area contributed by atoms with E-state index in [1.807, 2.05) is 18.3 Å². The molecule has 2 aliphatic heterocycles. The number of rotatable bonds is 6. The standard InChI is InChI=1S/C27H34FN5O/c1-4-5-19-18-22-23(27(19,2)34)10-11-24(26(22)28)33-13-12-25(30-33)29-20-6-8-21(9-7-20)32-16-14-31(3)15-17-32/h4,6-13,19,25,29-30,34H,1,5,14-18H2,2-3H3. The van der Waals surface area contributed by atoms with Crippen LogP contribution in [0.3, 0.4) is 0 Å². The number of hydrogen-bond acceptors (Lipinski definition) is 6. The summed E-state index contributed by atoms with van der Waals surface area (Å²) < 4.78 is 15.5. The fourth-order valence-electron chi connectivity index (χ4n) is 5.30. The van der Waals surface area contributed by atoms with Gasteiger partial charge < -0.3 is 20.2 Å². The average molecular weight is 464 g/mol. The van der Waals surface area contributed by atoms with E-state index in [0.717, 1.165) is 31.9 Å². The molecule has 6 nitrogen and oxygen atoms in total. The summed E-state index contributed by atoms with van der Waals surface area (Å²) in [6.45, 7) is 9.81. The molecule has 34 heavy (non-hydrogen) atoms. The minimum Gasteiger partial charge on any atom is -0.385 e. The van der Waals surface area contributed by atoms with E-state index in [1.165, 1.54) is 5.69 Å². The fraction of sp³-hybridized carbons (Fsp3) is 0.407. The van der Waals surface area contributed by atoms with Gasteiger partial charge in [0.2, 0.25) is 0 Å². The highest BCUT2D eigenvalue weighted by atomic mass is 19.1. The minimum absolute atomic E-state index is 0.0601. The first-order chi connectivity index (χ1) is 16.4. The minimum atomic E-state index is -1.04. The topological polar surface area (TPSA) is 54.0 Å². The third-order valence-electron chi connectivity index (χ3n) is 7.49. The average Bonchev–Trinajstić information content (AvgIpc) is 3.38. The van der Waals surface area contributed by atoms with Crippen LogP contribution in [0.4, 0.5) is 21.5 Å². The number of allylic oxidation sites excluding steroid dienone is 1. The van der Waals surface area contributed by atoms with Crippen LogP contribution in [-0.4, -0.2) is 49.4 Å². The Kier molecular flexibility index (Phi) is 6.10. The maximum absolute atomic E-state index is 15.5. The maximum atomic E-state index is 15.5. The lowest BCUT2D eigenvalue weighted by Crippen LogP contribution is -2.44. The number of halogens is 1. The van der Waals surface area contributed by atoms with E-state index in [1.54, 1.807) is 24.1 Å². The molecule has 1 aliphatic carbocycles. The molecule has 0 spiro atoms. The molecule has 0 saturated carbocycles. The summed E-state index contributed by atoms with van der Waals surface area (Å²) >= 11 is 0. The summed E-state index contributed by atoms with van der Waals surface area (Å²) in [6, 6.07) is 12.1. The molecular weight excluding hydrogens is 429 g/mol. The Hall–Kier alpha value is -2.87. The summed E-state index contributed by atoms with van der Waals surface area (Å²) in [5.74, 6) is -0.339. The summed E-state index contributed by atoms with van der Waals surface area (Å²) in [6.07, 6.45) is 6.61. The van der Waals surface area contributed by atoms with Gasteiger partial charge in [-0.15, -0.1) is 6.58 Å². The van der Waals surface area contributed by atoms with Crippen LogP contribution in [0.1, 0.15) is 24.5 Å². The van der Waals surface area contributed by atoms with Gasteiger partial charge in [0.05, 0.1) is 11.3 Å². The van der Waals surface area contributed by atoms with Crippen LogP contribution in [0.2, 0.25) is 0 Å². The van der Waals surface area contributed by atoms with Crippen LogP contribution in [0.15, 0.2) is 61.3 Å². The van der Waals surface area contributed by atoms with E-state index >= 15 is 4.39 Å². The van der Waals surface area contributed by atoms with Gasteiger partial charge in [0.25, 0.3) is 0 Å². The van der Waals surface area contributed by atoms with Crippen molar-refractivity contribution in [1.82, 2.24) is 10.3 Å². The van der Waals surface area contributed by atoms with Crippen molar-refractivity contribution >= 4 is 17.1 Å². The molecule has 5 rings (SSSR count). The van der Waals surface area contributed by atoms with Gasteiger partial charge in [-0.2, -0.15) is 0 Å². The lowest BCUT2D eigenvalue weighted by molar-refractivity contribution is 0.00879. The molecule has 7 heteroatoms. The van der Waals surface area contributed by atoms with Crippen LogP contribution >= 0.6 is 0 Å². The Morgan fingerprint density at radius 1 is 1.18 bits per heavy atom. The number of benzene rings is 2. The SMILES string of the molecule is C=CCC1Cc2c(ccc(N3C=CC(Nc4ccc(N5CCN(C)CC5)cc4)N3)c2F)C1(C)O. The molecule has 2 heterocycles. The third-order valence-corrected chi connectivity index (χ3v) is 7.49. The molecule has 180 valence electrons. The molecule has 3 atom stereocenters. The van der Waals surface area contributed by atoms with Gasteiger partial charge in [-0.1, -0.05) is 12.1 Å². The molecule has 1 saturated heterocycles. The van der Waals surface area contributed by atoms with Crippen molar-refractivity contribution in [1.29, 1.82) is 0 Å². The van der Waals surface area contributed by atoms with Crippen LogP contribution < -0.4 is 20.7 Å². The van der Waals surface area contributed by atoms with Crippen molar-refractivity contribution in [2.45, 2.75) is 31.5 Å². The van der Waals surface area contributed by atoms with Crippen LogP contribution in [0.5, 0.6) is 0 Å². The number of piperazine rings is 1. The van der Waals surface area contributed by atoms with Gasteiger partial charge in [-0.25, -0.2) is 9.82 Å². The second kappa shape index (κ2) is 9.06. The van der Waals surface area contributed by atoms with E-state index in [4.69, 9.17) is 0 Å². The van der Waals surface area contributed by atoms with Crippen molar-refractivity contribution < 1.29 is 9.50 Å². The summed E-state index contributed by atoms with van der Waals surface area (Å²) in [7, 11) is 2.16. The van der Waals surface area contributed by atoms with Gasteiger partial charge in [0.1, 0.15) is 6.17 Å². The number of fused-ring (bicyclic) bond motifs is 1. The number of hydrogen-bond donors (Lipinski definition) is 3. The van der Waals surface area contributed by atoms with Gasteiger partial charge in [0, 0.05) is 43.8 Å². The number of likely N-dealkylation sites (N-methyl/N-ethyl adjacent to an activating group) is 1. The van der Waals surface area contributed by atoms with Gasteiger partial charge in [-0.05, 0) is 80.3 Å². The zero-order valence-electron chi connectivity index (χ0n) is 20.0. The predicted molar refractivity (Wildman–Crippen MR) is 136 cm³/mol. The highest BCUT2D eigenvalue weighted by Crippen LogP contribution is 2.45. The fourth-order valence-corrected chi connectivity index (χ4v) is 5.30. The number of aliphatic hydroxyl groups is 1. The van der Waals surface area contributed by atoms with Crippen molar-refractivity contribution in [3.8, 4) is 0 Å². The first-order valence-corrected chi connectivity index (χ1v) is 12.1. The van der Waals surface area contributed by atoms with Crippen LogP contribution in [-0.2, 0) is 12.0 Å². The Morgan fingerprint density at radius 3 is 2.62 bits per heavy atom. The summed E-state index contributed by atoms with van der Waals surface area (Å²) in [4.78, 5) is 4.76. The van der Waals surface area contributed by atoms with E-state index in [-0.39, 0.29) is 17.9 Å². The molecule has 1 fully saturated rings. The van der Waals surface area contributed by atoms with E-state index < -0.39 is 5.60 Å². The van der Waals surface area contributed by atoms with Crippen molar-refractivity contribution in [3.63, 3.8) is 0 Å². The first kappa shape index (κ1) is 22.9. The predicted octanol–water partition coefficient (Wildman–Crippen LogP) is 3.81. The molecule has 0 radical (unpaired) electrons. The van der Waals surface area contributed by atoms with Crippen LogP contribution in [0, 0.1) is 11.7 Å². The molecular formula is C27H34FN5O. The normalized spacial score (nSPS) is 26.7. The molecule has 0 amide bonds. The Morgan fingerprint density at radius 2 is 1.91 bits per heavy atom. The van der Waals surface area contributed by atoms with Gasteiger partial charge >= 0.3 is 0 Å². The third kappa shape index (κ3) is 4.19. The summed E-state index contributed by atoms with van der Waals surface area (Å²) in [5.41, 5.74) is 6.23. The lowest BCUT2D eigenvalue weighted by Gasteiger charge is -2.34. The zero-order chi connectivity index (χ0) is 23.9. The van der Waals surface area contributed by atoms with Gasteiger partial charge in [-0.3, -0.25) is 5.01 Å². The van der Waals surface area contributed by atoms with E-state index in [2.05, 4.69) is 58.4 Å². The van der Waals surface area contributed by atoms with E-state index in [9.17, 15) is 5.11 Å². The van der Waals surface area contributed by atoms with Crippen molar-refractivity contribution in [3.05, 3.63) is 78.3 Å². The first-order valence-electron chi connectivity index (χ1n) is 12.1. The van der Waals surface area contributed by atoms with Gasteiger partial charge in [0.15, 0.2) is 5.82 Å². The Balaban J connectivity index is 1.24. The number of nitrogens with zero attached hydrogens (tertiary/aromatic N) is 3. The molecule has 0 aromatic heterocycles. The number of hydrazine groups is 1. The van der Waals surface area contributed by atoms with Crippen molar-refractivity contribution in [2.24, 2.45) is 5.92 Å². The van der Waals surface area contributed by atoms with Crippen molar-refractivity contribution in [2.75, 3.05) is 48.5 Å². The van der Waals surface area contributed by atoms with E-state index in [0.29, 0.717) is 29.7 Å². The molecule has 2 aromatic carbocycles. The lowest BCUT2D eigenvalue weighted by atomic mass is 9.87. The quantitative estimate of drug-likeness (QED) is 0.567. The highest BCUT2D eigenvalue weighted by molar-refractivity contribution is 5.59. The number of anilines is 3. The smallest absolute Gasteiger partial charge is 0.151 e. The molecule has 3 aliphatic rings. The maximum Gasteiger partial charge on any atom is 0.151 e. The molecule has 3 unspecified atom stereocenters. The molecule has 2 aromatic rings. The monoisotopic (exact) mass is 463 g/mol. The number of nitrogens with one attached hydrogen (secondary N) is 2. The molecule has 3 N–H and O–H groups in total. The second-order valence-corrected chi connectivity index (χ2v) is 9.80. The largest absolute Gasteiger partial charge is 0.385 e.